The van der Waals surface area contributed by atoms with Gasteiger partial charge in [-0.05, 0) is 49.2 Å². The number of hydrogen-bond acceptors (Lipinski definition) is 3. The predicted molar refractivity (Wildman–Crippen MR) is 78.6 cm³/mol. The average molecular weight is 270 g/mol. The zero-order valence-electron chi connectivity index (χ0n) is 12.0. The number of carbonyl (C=O) groups is 1. The molecule has 0 aromatic heterocycles. The minimum absolute atomic E-state index is 0.370. The van der Waals surface area contributed by atoms with Crippen molar-refractivity contribution in [1.29, 1.82) is 0 Å². The van der Waals surface area contributed by atoms with E-state index < -0.39 is 0 Å². The van der Waals surface area contributed by atoms with E-state index in [2.05, 4.69) is 13.0 Å². The van der Waals surface area contributed by atoms with E-state index in [-0.39, 0.29) is 0 Å². The summed E-state index contributed by atoms with van der Waals surface area (Å²) in [6.45, 7) is 4.45. The van der Waals surface area contributed by atoms with Crippen molar-refractivity contribution in [3.8, 4) is 11.5 Å². The van der Waals surface area contributed by atoms with Crippen molar-refractivity contribution in [2.75, 3.05) is 7.11 Å². The molecule has 0 saturated carbocycles. The van der Waals surface area contributed by atoms with Crippen LogP contribution in [-0.2, 0) is 6.61 Å². The third kappa shape index (κ3) is 2.99. The average Bonchev–Trinajstić information content (AvgIpc) is 2.48. The molecule has 104 valence electrons. The van der Waals surface area contributed by atoms with E-state index in [1.54, 1.807) is 25.3 Å². The Bertz CT molecular complexity index is 618. The Morgan fingerprint density at radius 2 is 1.90 bits per heavy atom. The maximum atomic E-state index is 10.8. The number of hydrogen-bond donors (Lipinski definition) is 0. The van der Waals surface area contributed by atoms with Gasteiger partial charge in [0, 0.05) is 11.1 Å². The van der Waals surface area contributed by atoms with Crippen molar-refractivity contribution in [2.45, 2.75) is 20.5 Å². The molecule has 2 rings (SSSR count). The van der Waals surface area contributed by atoms with Crippen molar-refractivity contribution in [3.63, 3.8) is 0 Å². The number of rotatable bonds is 5. The summed E-state index contributed by atoms with van der Waals surface area (Å²) in [5, 5.41) is 0. The lowest BCUT2D eigenvalue weighted by Gasteiger charge is -2.13. The van der Waals surface area contributed by atoms with Crippen LogP contribution < -0.4 is 9.47 Å². The summed E-state index contributed by atoms with van der Waals surface area (Å²) in [6.07, 6.45) is 0.820. The van der Waals surface area contributed by atoms with Crippen molar-refractivity contribution >= 4 is 6.29 Å². The molecule has 0 fully saturated rings. The molecular formula is C17H18O3. The second kappa shape index (κ2) is 6.24. The van der Waals surface area contributed by atoms with Gasteiger partial charge in [-0.2, -0.15) is 0 Å². The van der Waals surface area contributed by atoms with Crippen molar-refractivity contribution in [2.24, 2.45) is 0 Å². The summed E-state index contributed by atoms with van der Waals surface area (Å²) in [5.41, 5.74) is 3.79. The lowest BCUT2D eigenvalue weighted by molar-refractivity contribution is 0.112. The molecule has 0 atom stereocenters. The van der Waals surface area contributed by atoms with Crippen LogP contribution in [0.3, 0.4) is 0 Å². The molecule has 0 amide bonds. The molecule has 0 saturated heterocycles. The van der Waals surface area contributed by atoms with Crippen LogP contribution in [0.5, 0.6) is 11.5 Å². The second-order valence-corrected chi connectivity index (χ2v) is 4.68. The van der Waals surface area contributed by atoms with E-state index in [1.807, 2.05) is 19.1 Å². The van der Waals surface area contributed by atoms with Crippen LogP contribution in [-0.4, -0.2) is 13.4 Å². The van der Waals surface area contributed by atoms with Gasteiger partial charge in [-0.25, -0.2) is 0 Å². The van der Waals surface area contributed by atoms with E-state index >= 15 is 0 Å². The van der Waals surface area contributed by atoms with Crippen molar-refractivity contribution < 1.29 is 14.3 Å². The lowest BCUT2D eigenvalue weighted by atomic mass is 10.1. The van der Waals surface area contributed by atoms with Crippen molar-refractivity contribution in [1.82, 2.24) is 0 Å². The normalized spacial score (nSPS) is 10.2. The van der Waals surface area contributed by atoms with E-state index in [0.29, 0.717) is 12.2 Å². The lowest BCUT2D eigenvalue weighted by Crippen LogP contribution is -2.01. The van der Waals surface area contributed by atoms with E-state index in [0.717, 1.165) is 28.9 Å². The molecule has 3 heteroatoms. The summed E-state index contributed by atoms with van der Waals surface area (Å²) in [7, 11) is 1.61. The van der Waals surface area contributed by atoms with Crippen LogP contribution in [0, 0.1) is 13.8 Å². The topological polar surface area (TPSA) is 35.5 Å². The van der Waals surface area contributed by atoms with Crippen LogP contribution in [0.25, 0.3) is 0 Å². The third-order valence-corrected chi connectivity index (χ3v) is 3.38. The van der Waals surface area contributed by atoms with E-state index in [9.17, 15) is 4.79 Å². The smallest absolute Gasteiger partial charge is 0.150 e. The number of aryl methyl sites for hydroxylation is 1. The molecule has 2 aromatic rings. The highest BCUT2D eigenvalue weighted by atomic mass is 16.5. The Morgan fingerprint density at radius 3 is 2.60 bits per heavy atom. The van der Waals surface area contributed by atoms with Crippen LogP contribution in [0.15, 0.2) is 36.4 Å². The molecule has 0 N–H and O–H groups in total. The molecule has 0 radical (unpaired) electrons. The van der Waals surface area contributed by atoms with Gasteiger partial charge in [-0.1, -0.05) is 12.1 Å². The molecule has 20 heavy (non-hydrogen) atoms. The number of methoxy groups -OCH3 is 1. The Labute approximate surface area is 119 Å². The van der Waals surface area contributed by atoms with Gasteiger partial charge < -0.3 is 9.47 Å². The maximum absolute atomic E-state index is 10.8. The molecule has 0 spiro atoms. The third-order valence-electron chi connectivity index (χ3n) is 3.38. The first-order chi connectivity index (χ1) is 9.65. The van der Waals surface area contributed by atoms with E-state index in [1.165, 1.54) is 5.56 Å². The summed E-state index contributed by atoms with van der Waals surface area (Å²) >= 11 is 0. The van der Waals surface area contributed by atoms with Crippen LogP contribution in [0.4, 0.5) is 0 Å². The molecule has 2 aromatic carbocycles. The molecule has 0 aliphatic heterocycles. The van der Waals surface area contributed by atoms with Gasteiger partial charge in [0.05, 0.1) is 7.11 Å². The number of carbonyl (C=O) groups excluding carboxylic acids is 1. The molecule has 0 unspecified atom stereocenters. The summed E-state index contributed by atoms with van der Waals surface area (Å²) in [4.78, 5) is 10.8. The number of aldehydes is 1. The monoisotopic (exact) mass is 270 g/mol. The van der Waals surface area contributed by atoms with Gasteiger partial charge in [-0.15, -0.1) is 0 Å². The molecule has 3 nitrogen and oxygen atoms in total. The Balaban J connectivity index is 2.21. The minimum Gasteiger partial charge on any atom is -0.496 e. The van der Waals surface area contributed by atoms with Crippen LogP contribution >= 0.6 is 0 Å². The van der Waals surface area contributed by atoms with Gasteiger partial charge in [0.2, 0.25) is 0 Å². The molecular weight excluding hydrogens is 252 g/mol. The molecule has 0 heterocycles. The maximum Gasteiger partial charge on any atom is 0.150 e. The highest BCUT2D eigenvalue weighted by Crippen LogP contribution is 2.25. The van der Waals surface area contributed by atoms with Gasteiger partial charge in [0.25, 0.3) is 0 Å². The van der Waals surface area contributed by atoms with Gasteiger partial charge in [-0.3, -0.25) is 4.79 Å². The van der Waals surface area contributed by atoms with Gasteiger partial charge in [0.1, 0.15) is 24.4 Å². The van der Waals surface area contributed by atoms with Crippen molar-refractivity contribution in [3.05, 3.63) is 58.7 Å². The fourth-order valence-corrected chi connectivity index (χ4v) is 2.02. The fourth-order valence-electron chi connectivity index (χ4n) is 2.02. The fraction of sp³-hybridized carbons (Fsp3) is 0.235. The number of benzene rings is 2. The molecule has 0 aliphatic carbocycles. The first kappa shape index (κ1) is 14.1. The highest BCUT2D eigenvalue weighted by Gasteiger charge is 2.07. The zero-order chi connectivity index (χ0) is 14.5. The standard InChI is InChI=1S/C17H18O3/c1-12-5-4-6-16(13(12)2)20-11-15-9-14(10-18)7-8-17(15)19-3/h4-10H,11H2,1-3H3. The highest BCUT2D eigenvalue weighted by molar-refractivity contribution is 5.75. The quantitative estimate of drug-likeness (QED) is 0.777. The van der Waals surface area contributed by atoms with Crippen LogP contribution in [0.1, 0.15) is 27.0 Å². The number of ether oxygens (including phenoxy) is 2. The predicted octanol–water partition coefficient (Wildman–Crippen LogP) is 3.70. The SMILES string of the molecule is COc1ccc(C=O)cc1COc1cccc(C)c1C. The summed E-state index contributed by atoms with van der Waals surface area (Å²) in [6, 6.07) is 11.3. The second-order valence-electron chi connectivity index (χ2n) is 4.68. The zero-order valence-corrected chi connectivity index (χ0v) is 12.0. The van der Waals surface area contributed by atoms with E-state index in [4.69, 9.17) is 9.47 Å². The van der Waals surface area contributed by atoms with Gasteiger partial charge >= 0.3 is 0 Å². The molecule has 0 aliphatic rings. The minimum atomic E-state index is 0.370. The summed E-state index contributed by atoms with van der Waals surface area (Å²) < 4.78 is 11.1. The van der Waals surface area contributed by atoms with Gasteiger partial charge in [0.15, 0.2) is 0 Å². The van der Waals surface area contributed by atoms with Crippen LogP contribution in [0.2, 0.25) is 0 Å². The Morgan fingerprint density at radius 1 is 1.10 bits per heavy atom. The molecule has 0 bridgehead atoms. The summed E-state index contributed by atoms with van der Waals surface area (Å²) in [5.74, 6) is 1.57. The Kier molecular flexibility index (Phi) is 4.41. The Hall–Kier alpha value is -2.29. The largest absolute Gasteiger partial charge is 0.496 e. The first-order valence-corrected chi connectivity index (χ1v) is 6.47. The first-order valence-electron chi connectivity index (χ1n) is 6.47.